The third kappa shape index (κ3) is 3.81. The van der Waals surface area contributed by atoms with Gasteiger partial charge in [0.05, 0.1) is 21.8 Å². The first-order valence-corrected chi connectivity index (χ1v) is 9.65. The highest BCUT2D eigenvalue weighted by Crippen LogP contribution is 2.34. The number of benzene rings is 2. The number of thiazole rings is 1. The molecule has 0 radical (unpaired) electrons. The molecular weight excluding hydrogens is 448 g/mol. The first kappa shape index (κ1) is 19.7. The Morgan fingerprint density at radius 3 is 2.62 bits per heavy atom. The van der Waals surface area contributed by atoms with Gasteiger partial charge < -0.3 is 0 Å². The Bertz CT molecular complexity index is 1240. The van der Waals surface area contributed by atoms with E-state index in [4.69, 9.17) is 23.2 Å². The van der Waals surface area contributed by atoms with E-state index in [1.54, 1.807) is 23.6 Å². The van der Waals surface area contributed by atoms with Crippen LogP contribution < -0.4 is 5.32 Å². The van der Waals surface area contributed by atoms with Crippen LogP contribution in [-0.4, -0.2) is 20.5 Å². The second kappa shape index (κ2) is 7.33. The SMILES string of the molecule is O=C(Nc1nc2scc(-c3ccc(Cl)cc3Cl)n2n1)c1ccccc1C(F)(F)F. The second-order valence-electron chi connectivity index (χ2n) is 5.87. The molecule has 11 heteroatoms. The molecule has 0 atom stereocenters. The van der Waals surface area contributed by atoms with E-state index in [9.17, 15) is 18.0 Å². The number of carbonyl (C=O) groups excluding carboxylic acids is 1. The molecule has 2 aromatic heterocycles. The number of aromatic nitrogens is 3. The molecule has 1 N–H and O–H groups in total. The Morgan fingerprint density at radius 1 is 1.14 bits per heavy atom. The van der Waals surface area contributed by atoms with Gasteiger partial charge >= 0.3 is 6.18 Å². The molecule has 0 saturated heterocycles. The largest absolute Gasteiger partial charge is 0.417 e. The van der Waals surface area contributed by atoms with E-state index >= 15 is 0 Å². The van der Waals surface area contributed by atoms with Gasteiger partial charge in [0.15, 0.2) is 0 Å². The fourth-order valence-corrected chi connectivity index (χ4v) is 4.04. The third-order valence-electron chi connectivity index (χ3n) is 3.99. The quantitative estimate of drug-likeness (QED) is 0.409. The lowest BCUT2D eigenvalue weighted by atomic mass is 10.1. The van der Waals surface area contributed by atoms with Crippen molar-refractivity contribution in [2.75, 3.05) is 5.32 Å². The molecule has 2 aromatic carbocycles. The molecule has 0 bridgehead atoms. The lowest BCUT2D eigenvalue weighted by Crippen LogP contribution is -2.19. The van der Waals surface area contributed by atoms with Gasteiger partial charge in [-0.25, -0.2) is 4.52 Å². The average molecular weight is 457 g/mol. The smallest absolute Gasteiger partial charge is 0.289 e. The predicted molar refractivity (Wildman–Crippen MR) is 106 cm³/mol. The summed E-state index contributed by atoms with van der Waals surface area (Å²) in [6.45, 7) is 0. The molecule has 4 aromatic rings. The Morgan fingerprint density at radius 2 is 1.90 bits per heavy atom. The summed E-state index contributed by atoms with van der Waals surface area (Å²) in [4.78, 5) is 17.0. The number of rotatable bonds is 3. The van der Waals surface area contributed by atoms with Crippen LogP contribution in [0.15, 0.2) is 47.8 Å². The van der Waals surface area contributed by atoms with E-state index in [0.717, 1.165) is 12.1 Å². The molecule has 4 rings (SSSR count). The van der Waals surface area contributed by atoms with Crippen molar-refractivity contribution in [2.24, 2.45) is 0 Å². The normalized spacial score (nSPS) is 11.8. The number of amides is 1. The number of nitrogens with zero attached hydrogens (tertiary/aromatic N) is 3. The zero-order valence-electron chi connectivity index (χ0n) is 14.2. The van der Waals surface area contributed by atoms with Crippen LogP contribution in [-0.2, 0) is 6.18 Å². The highest BCUT2D eigenvalue weighted by Gasteiger charge is 2.35. The van der Waals surface area contributed by atoms with Crippen LogP contribution in [0.5, 0.6) is 0 Å². The van der Waals surface area contributed by atoms with Crippen LogP contribution in [0.1, 0.15) is 15.9 Å². The molecule has 0 saturated carbocycles. The molecule has 148 valence electrons. The molecule has 0 unspecified atom stereocenters. The molecule has 29 heavy (non-hydrogen) atoms. The van der Waals surface area contributed by atoms with Crippen molar-refractivity contribution < 1.29 is 18.0 Å². The molecule has 0 fully saturated rings. The summed E-state index contributed by atoms with van der Waals surface area (Å²) >= 11 is 13.4. The lowest BCUT2D eigenvalue weighted by Gasteiger charge is -2.11. The van der Waals surface area contributed by atoms with Crippen molar-refractivity contribution in [3.05, 3.63) is 69.0 Å². The summed E-state index contributed by atoms with van der Waals surface area (Å²) in [5, 5.41) is 9.15. The maximum atomic E-state index is 13.1. The number of alkyl halides is 3. The van der Waals surface area contributed by atoms with Gasteiger partial charge in [0.1, 0.15) is 0 Å². The number of halogens is 5. The maximum Gasteiger partial charge on any atom is 0.417 e. The van der Waals surface area contributed by atoms with E-state index in [0.29, 0.717) is 26.3 Å². The van der Waals surface area contributed by atoms with Gasteiger partial charge in [0.2, 0.25) is 4.96 Å². The summed E-state index contributed by atoms with van der Waals surface area (Å²) in [6, 6.07) is 9.46. The van der Waals surface area contributed by atoms with Crippen LogP contribution >= 0.6 is 34.5 Å². The van der Waals surface area contributed by atoms with Crippen LogP contribution in [0.3, 0.4) is 0 Å². The topological polar surface area (TPSA) is 59.3 Å². The summed E-state index contributed by atoms with van der Waals surface area (Å²) in [7, 11) is 0. The summed E-state index contributed by atoms with van der Waals surface area (Å²) in [6.07, 6.45) is -4.66. The third-order valence-corrected chi connectivity index (χ3v) is 5.36. The lowest BCUT2D eigenvalue weighted by molar-refractivity contribution is -0.137. The van der Waals surface area contributed by atoms with Crippen molar-refractivity contribution in [3.8, 4) is 11.3 Å². The molecule has 0 aliphatic heterocycles. The van der Waals surface area contributed by atoms with Gasteiger partial charge in [-0.2, -0.15) is 18.2 Å². The zero-order chi connectivity index (χ0) is 20.8. The van der Waals surface area contributed by atoms with Crippen molar-refractivity contribution in [1.29, 1.82) is 0 Å². The highest BCUT2D eigenvalue weighted by atomic mass is 35.5. The van der Waals surface area contributed by atoms with Crippen molar-refractivity contribution in [1.82, 2.24) is 14.6 Å². The molecule has 0 spiro atoms. The zero-order valence-corrected chi connectivity index (χ0v) is 16.5. The monoisotopic (exact) mass is 456 g/mol. The summed E-state index contributed by atoms with van der Waals surface area (Å²) < 4.78 is 40.9. The number of fused-ring (bicyclic) bond motifs is 1. The fraction of sp³-hybridized carbons (Fsp3) is 0.0556. The van der Waals surface area contributed by atoms with Crippen LogP contribution in [0.2, 0.25) is 10.0 Å². The van der Waals surface area contributed by atoms with Crippen LogP contribution in [0.4, 0.5) is 19.1 Å². The van der Waals surface area contributed by atoms with E-state index in [1.807, 2.05) is 0 Å². The summed E-state index contributed by atoms with van der Waals surface area (Å²) in [5.41, 5.74) is -0.297. The summed E-state index contributed by atoms with van der Waals surface area (Å²) in [5.74, 6) is -1.08. The first-order valence-electron chi connectivity index (χ1n) is 8.01. The fourth-order valence-electron chi connectivity index (χ4n) is 2.71. The predicted octanol–water partition coefficient (Wildman–Crippen LogP) is 6.04. The van der Waals surface area contributed by atoms with E-state index < -0.39 is 23.2 Å². The first-order chi connectivity index (χ1) is 13.7. The number of nitrogens with one attached hydrogen (secondary N) is 1. The van der Waals surface area contributed by atoms with Crippen molar-refractivity contribution in [2.45, 2.75) is 6.18 Å². The number of carbonyl (C=O) groups is 1. The van der Waals surface area contributed by atoms with Gasteiger partial charge in [0.25, 0.3) is 11.9 Å². The van der Waals surface area contributed by atoms with E-state index in [1.165, 1.54) is 28.0 Å². The molecular formula is C18H9Cl2F3N4OS. The molecule has 0 aliphatic rings. The van der Waals surface area contributed by atoms with E-state index in [-0.39, 0.29) is 5.95 Å². The molecule has 5 nitrogen and oxygen atoms in total. The van der Waals surface area contributed by atoms with Gasteiger partial charge in [-0.3, -0.25) is 10.1 Å². The number of anilines is 1. The number of hydrogen-bond donors (Lipinski definition) is 1. The van der Waals surface area contributed by atoms with Crippen molar-refractivity contribution >= 4 is 51.4 Å². The maximum absolute atomic E-state index is 13.1. The second-order valence-corrected chi connectivity index (χ2v) is 7.55. The van der Waals surface area contributed by atoms with Gasteiger partial charge in [0, 0.05) is 16.0 Å². The Kier molecular flexibility index (Phi) is 4.97. The van der Waals surface area contributed by atoms with Crippen LogP contribution in [0, 0.1) is 0 Å². The Hall–Kier alpha value is -2.62. The van der Waals surface area contributed by atoms with Gasteiger partial charge in [-0.05, 0) is 30.3 Å². The van der Waals surface area contributed by atoms with E-state index in [2.05, 4.69) is 15.4 Å². The van der Waals surface area contributed by atoms with Gasteiger partial charge in [-0.1, -0.05) is 35.3 Å². The van der Waals surface area contributed by atoms with Crippen LogP contribution in [0.25, 0.3) is 16.2 Å². The minimum absolute atomic E-state index is 0.120. The van der Waals surface area contributed by atoms with Crippen molar-refractivity contribution in [3.63, 3.8) is 0 Å². The Balaban J connectivity index is 1.67. The molecule has 0 aliphatic carbocycles. The highest BCUT2D eigenvalue weighted by molar-refractivity contribution is 7.15. The average Bonchev–Trinajstić information content (AvgIpc) is 3.21. The van der Waals surface area contributed by atoms with Gasteiger partial charge in [-0.15, -0.1) is 16.4 Å². The number of hydrogen-bond acceptors (Lipinski definition) is 4. The minimum Gasteiger partial charge on any atom is -0.289 e. The minimum atomic E-state index is -4.66. The molecule has 1 amide bonds. The standard InChI is InChI=1S/C18H9Cl2F3N4OS/c19-9-5-6-11(13(20)7-9)14-8-29-17-25-16(26-27(14)17)24-15(28)10-3-1-2-4-12(10)18(21,22)23/h1-8H,(H,24,26,28). The Labute approximate surface area is 175 Å². The molecule has 2 heterocycles.